The summed E-state index contributed by atoms with van der Waals surface area (Å²) in [5.74, 6) is -0.124. The van der Waals surface area contributed by atoms with Crippen LogP contribution in [0.4, 0.5) is 5.69 Å². The average Bonchev–Trinajstić information content (AvgIpc) is 2.58. The fraction of sp³-hybridized carbons (Fsp3) is 0.333. The number of aromatic nitrogens is 2. The monoisotopic (exact) mass is 335 g/mol. The molecule has 106 valence electrons. The predicted octanol–water partition coefficient (Wildman–Crippen LogP) is 3.67. The molecule has 1 heterocycles. The molecule has 0 radical (unpaired) electrons. The molecule has 0 aliphatic heterocycles. The Morgan fingerprint density at radius 3 is 2.40 bits per heavy atom. The van der Waals surface area contributed by atoms with Crippen LogP contribution in [0.25, 0.3) is 0 Å². The number of nitrogens with one attached hydrogen (secondary N) is 1. The number of hydrogen-bond acceptors (Lipinski definition) is 2. The number of nitrogens with zero attached hydrogens (tertiary/aromatic N) is 2. The summed E-state index contributed by atoms with van der Waals surface area (Å²) in [7, 11) is 1.84. The van der Waals surface area contributed by atoms with Crippen molar-refractivity contribution in [2.24, 2.45) is 7.05 Å². The van der Waals surface area contributed by atoms with E-state index in [4.69, 9.17) is 0 Å². The smallest absolute Gasteiger partial charge is 0.259 e. The maximum Gasteiger partial charge on any atom is 0.259 e. The van der Waals surface area contributed by atoms with Crippen LogP contribution in [0.1, 0.15) is 32.9 Å². The molecule has 0 saturated carbocycles. The molecule has 1 N–H and O–H groups in total. The number of carbonyl (C=O) groups excluding carboxylic acids is 1. The van der Waals surface area contributed by atoms with Crippen molar-refractivity contribution in [3.8, 4) is 0 Å². The second-order valence-electron chi connectivity index (χ2n) is 5.06. The van der Waals surface area contributed by atoms with E-state index in [1.165, 1.54) is 0 Å². The molecule has 0 aliphatic carbocycles. The van der Waals surface area contributed by atoms with Gasteiger partial charge in [-0.1, -0.05) is 6.07 Å². The van der Waals surface area contributed by atoms with Crippen molar-refractivity contribution in [3.05, 3.63) is 44.7 Å². The summed E-state index contributed by atoms with van der Waals surface area (Å²) in [4.78, 5) is 12.5. The lowest BCUT2D eigenvalue weighted by molar-refractivity contribution is 0.102. The Bertz CT molecular complexity index is 666. The highest BCUT2D eigenvalue weighted by molar-refractivity contribution is 9.10. The largest absolute Gasteiger partial charge is 0.321 e. The molecule has 0 fully saturated rings. The number of benzene rings is 1. The van der Waals surface area contributed by atoms with Gasteiger partial charge in [-0.15, -0.1) is 0 Å². The summed E-state index contributed by atoms with van der Waals surface area (Å²) in [5, 5.41) is 7.25. The van der Waals surface area contributed by atoms with Crippen LogP contribution in [0.15, 0.2) is 16.6 Å². The van der Waals surface area contributed by atoms with Crippen LogP contribution in [-0.4, -0.2) is 15.7 Å². The van der Waals surface area contributed by atoms with E-state index in [2.05, 4.69) is 26.3 Å². The topological polar surface area (TPSA) is 46.9 Å². The van der Waals surface area contributed by atoms with E-state index in [-0.39, 0.29) is 5.91 Å². The number of carbonyl (C=O) groups is 1. The highest BCUT2D eigenvalue weighted by Gasteiger charge is 2.18. The van der Waals surface area contributed by atoms with Crippen molar-refractivity contribution < 1.29 is 4.79 Å². The number of rotatable bonds is 2. The van der Waals surface area contributed by atoms with Crippen molar-refractivity contribution in [1.82, 2.24) is 9.78 Å². The van der Waals surface area contributed by atoms with Gasteiger partial charge >= 0.3 is 0 Å². The standard InChI is InChI=1S/C15H18BrN3O/c1-8-6-9(2)14(12(16)7-8)17-15(20)13-10(3)18-19(5)11(13)4/h6-7H,1-5H3,(H,17,20). The third kappa shape index (κ3) is 2.63. The molecule has 20 heavy (non-hydrogen) atoms. The van der Waals surface area contributed by atoms with Gasteiger partial charge in [0, 0.05) is 17.2 Å². The van der Waals surface area contributed by atoms with Crippen LogP contribution in [0.2, 0.25) is 0 Å². The van der Waals surface area contributed by atoms with Crippen LogP contribution in [0.3, 0.4) is 0 Å². The first kappa shape index (κ1) is 14.8. The number of halogens is 1. The van der Waals surface area contributed by atoms with E-state index in [9.17, 15) is 4.79 Å². The molecular formula is C15H18BrN3O. The Hall–Kier alpha value is -1.62. The van der Waals surface area contributed by atoms with E-state index in [0.29, 0.717) is 5.56 Å². The molecular weight excluding hydrogens is 318 g/mol. The third-order valence-electron chi connectivity index (χ3n) is 3.41. The van der Waals surface area contributed by atoms with Crippen LogP contribution >= 0.6 is 15.9 Å². The minimum Gasteiger partial charge on any atom is -0.321 e. The van der Waals surface area contributed by atoms with E-state index in [0.717, 1.165) is 32.7 Å². The Labute approximate surface area is 127 Å². The molecule has 0 saturated heterocycles. The van der Waals surface area contributed by atoms with Crippen LogP contribution in [0, 0.1) is 27.7 Å². The van der Waals surface area contributed by atoms with E-state index < -0.39 is 0 Å². The molecule has 4 nitrogen and oxygen atoms in total. The Morgan fingerprint density at radius 1 is 1.25 bits per heavy atom. The molecule has 1 aromatic carbocycles. The van der Waals surface area contributed by atoms with E-state index in [1.807, 2.05) is 46.9 Å². The van der Waals surface area contributed by atoms with Crippen LogP contribution < -0.4 is 5.32 Å². The fourth-order valence-corrected chi connectivity index (χ4v) is 3.13. The van der Waals surface area contributed by atoms with Crippen molar-refractivity contribution in [3.63, 3.8) is 0 Å². The summed E-state index contributed by atoms with van der Waals surface area (Å²) in [6, 6.07) is 4.04. The van der Waals surface area contributed by atoms with Gasteiger partial charge in [-0.05, 0) is 60.8 Å². The lowest BCUT2D eigenvalue weighted by Crippen LogP contribution is -2.15. The van der Waals surface area contributed by atoms with Crippen molar-refractivity contribution in [2.45, 2.75) is 27.7 Å². The van der Waals surface area contributed by atoms with Gasteiger partial charge < -0.3 is 5.32 Å². The van der Waals surface area contributed by atoms with Crippen LogP contribution in [-0.2, 0) is 7.05 Å². The Balaban J connectivity index is 2.38. The van der Waals surface area contributed by atoms with Crippen molar-refractivity contribution in [2.75, 3.05) is 5.32 Å². The van der Waals surface area contributed by atoms with E-state index in [1.54, 1.807) is 4.68 Å². The van der Waals surface area contributed by atoms with Gasteiger partial charge in [-0.25, -0.2) is 0 Å². The maximum atomic E-state index is 12.5. The Kier molecular flexibility index (Phi) is 3.99. The molecule has 0 unspecified atom stereocenters. The van der Waals surface area contributed by atoms with Gasteiger partial charge in [0.2, 0.25) is 0 Å². The first-order valence-corrected chi connectivity index (χ1v) is 7.19. The number of hydrogen-bond donors (Lipinski definition) is 1. The molecule has 0 atom stereocenters. The van der Waals surface area contributed by atoms with E-state index >= 15 is 0 Å². The quantitative estimate of drug-likeness (QED) is 0.910. The average molecular weight is 336 g/mol. The summed E-state index contributed by atoms with van der Waals surface area (Å²) in [6.45, 7) is 7.75. The SMILES string of the molecule is Cc1cc(C)c(NC(=O)c2c(C)nn(C)c2C)c(Br)c1. The number of amides is 1. The molecule has 1 amide bonds. The van der Waals surface area contributed by atoms with Gasteiger partial charge in [-0.2, -0.15) is 5.10 Å². The maximum absolute atomic E-state index is 12.5. The lowest BCUT2D eigenvalue weighted by Gasteiger charge is -2.12. The van der Waals surface area contributed by atoms with Gasteiger partial charge in [0.05, 0.1) is 16.9 Å². The third-order valence-corrected chi connectivity index (χ3v) is 4.03. The number of aryl methyl sites for hydroxylation is 4. The number of anilines is 1. The van der Waals surface area contributed by atoms with Gasteiger partial charge in [0.25, 0.3) is 5.91 Å². The minimum absolute atomic E-state index is 0.124. The van der Waals surface area contributed by atoms with Gasteiger partial charge in [0.15, 0.2) is 0 Å². The second kappa shape index (κ2) is 5.40. The lowest BCUT2D eigenvalue weighted by atomic mass is 10.1. The summed E-state index contributed by atoms with van der Waals surface area (Å²) in [5.41, 5.74) is 5.23. The normalized spacial score (nSPS) is 10.7. The highest BCUT2D eigenvalue weighted by atomic mass is 79.9. The molecule has 2 rings (SSSR count). The van der Waals surface area contributed by atoms with Crippen LogP contribution in [0.5, 0.6) is 0 Å². The molecule has 0 aliphatic rings. The van der Waals surface area contributed by atoms with Gasteiger partial charge in [0.1, 0.15) is 0 Å². The summed E-state index contributed by atoms with van der Waals surface area (Å²) in [6.07, 6.45) is 0. The molecule has 2 aromatic rings. The van der Waals surface area contributed by atoms with Crippen molar-refractivity contribution in [1.29, 1.82) is 0 Å². The summed E-state index contributed by atoms with van der Waals surface area (Å²) < 4.78 is 2.61. The fourth-order valence-electron chi connectivity index (χ4n) is 2.35. The molecule has 1 aromatic heterocycles. The zero-order valence-corrected chi connectivity index (χ0v) is 13.9. The minimum atomic E-state index is -0.124. The predicted molar refractivity (Wildman–Crippen MR) is 84.3 cm³/mol. The zero-order valence-electron chi connectivity index (χ0n) is 12.3. The Morgan fingerprint density at radius 2 is 1.90 bits per heavy atom. The molecule has 0 spiro atoms. The van der Waals surface area contributed by atoms with Crippen molar-refractivity contribution >= 4 is 27.5 Å². The molecule has 5 heteroatoms. The second-order valence-corrected chi connectivity index (χ2v) is 5.92. The molecule has 0 bridgehead atoms. The zero-order chi connectivity index (χ0) is 15.0. The first-order valence-electron chi connectivity index (χ1n) is 6.39. The summed E-state index contributed by atoms with van der Waals surface area (Å²) >= 11 is 3.51. The first-order chi connectivity index (χ1) is 9.31. The highest BCUT2D eigenvalue weighted by Crippen LogP contribution is 2.28. The van der Waals surface area contributed by atoms with Gasteiger partial charge in [-0.3, -0.25) is 9.48 Å².